The van der Waals surface area contributed by atoms with Crippen LogP contribution in [0.15, 0.2) is 72.8 Å². The standard InChI is InChI=1S/C25H22N2O5S/c28-13-14-31-15-16-32-22-11-9-18(10-12-22)17-1-3-19(4-2-17)23-26-27-24(33-23)20-5-7-21(8-6-20)25(29)30/h1-12,28H,13-16H2,(H,29,30). The minimum atomic E-state index is -0.953. The third kappa shape index (κ3) is 5.81. The van der Waals surface area contributed by atoms with Crippen LogP contribution < -0.4 is 4.74 Å². The molecule has 0 radical (unpaired) electrons. The van der Waals surface area contributed by atoms with E-state index >= 15 is 0 Å². The van der Waals surface area contributed by atoms with Crippen LogP contribution in [0.25, 0.3) is 32.3 Å². The fourth-order valence-electron chi connectivity index (χ4n) is 3.15. The summed E-state index contributed by atoms with van der Waals surface area (Å²) in [5, 5.41) is 27.8. The van der Waals surface area contributed by atoms with E-state index in [-0.39, 0.29) is 12.2 Å². The number of hydrogen-bond donors (Lipinski definition) is 2. The Bertz CT molecular complexity index is 1190. The lowest BCUT2D eigenvalue weighted by molar-refractivity contribution is 0.0697. The Labute approximate surface area is 194 Å². The van der Waals surface area contributed by atoms with Crippen molar-refractivity contribution in [2.24, 2.45) is 0 Å². The monoisotopic (exact) mass is 462 g/mol. The summed E-state index contributed by atoms with van der Waals surface area (Å²) < 4.78 is 10.8. The van der Waals surface area contributed by atoms with E-state index in [1.165, 1.54) is 11.3 Å². The number of benzene rings is 3. The largest absolute Gasteiger partial charge is 0.491 e. The molecule has 3 aromatic carbocycles. The molecule has 1 aromatic heterocycles. The van der Waals surface area contributed by atoms with Crippen LogP contribution in [0.4, 0.5) is 0 Å². The van der Waals surface area contributed by atoms with Gasteiger partial charge in [0.1, 0.15) is 22.4 Å². The Morgan fingerprint density at radius 3 is 1.79 bits per heavy atom. The van der Waals surface area contributed by atoms with Crippen LogP contribution in [-0.2, 0) is 4.74 Å². The zero-order chi connectivity index (χ0) is 23.0. The summed E-state index contributed by atoms with van der Waals surface area (Å²) in [6.07, 6.45) is 0. The molecule has 0 aliphatic rings. The zero-order valence-electron chi connectivity index (χ0n) is 17.7. The summed E-state index contributed by atoms with van der Waals surface area (Å²) in [4.78, 5) is 11.0. The molecule has 8 heteroatoms. The average Bonchev–Trinajstić information content (AvgIpc) is 3.35. The van der Waals surface area contributed by atoms with E-state index in [0.29, 0.717) is 19.8 Å². The Hall–Kier alpha value is -3.59. The molecule has 0 saturated carbocycles. The zero-order valence-corrected chi connectivity index (χ0v) is 18.5. The van der Waals surface area contributed by atoms with Gasteiger partial charge in [0.05, 0.1) is 25.4 Å². The maximum absolute atomic E-state index is 11.0. The van der Waals surface area contributed by atoms with Crippen molar-refractivity contribution >= 4 is 17.3 Å². The third-order valence-corrected chi connectivity index (χ3v) is 5.88. The molecule has 0 spiro atoms. The van der Waals surface area contributed by atoms with Crippen LogP contribution in [0.2, 0.25) is 0 Å². The van der Waals surface area contributed by atoms with E-state index in [2.05, 4.69) is 10.2 Å². The van der Waals surface area contributed by atoms with Crippen LogP contribution in [-0.4, -0.2) is 52.8 Å². The van der Waals surface area contributed by atoms with Gasteiger partial charge in [-0.05, 0) is 35.4 Å². The summed E-state index contributed by atoms with van der Waals surface area (Å²) >= 11 is 1.46. The molecule has 0 unspecified atom stereocenters. The number of carboxylic acids is 1. The van der Waals surface area contributed by atoms with Crippen LogP contribution >= 0.6 is 11.3 Å². The first-order valence-corrected chi connectivity index (χ1v) is 11.2. The summed E-state index contributed by atoms with van der Waals surface area (Å²) in [5.41, 5.74) is 4.19. The van der Waals surface area contributed by atoms with E-state index in [1.807, 2.05) is 48.5 Å². The lowest BCUT2D eigenvalue weighted by Crippen LogP contribution is -2.08. The van der Waals surface area contributed by atoms with Gasteiger partial charge in [0, 0.05) is 11.1 Å². The van der Waals surface area contributed by atoms with Crippen molar-refractivity contribution in [2.45, 2.75) is 0 Å². The number of aliphatic hydroxyl groups is 1. The Morgan fingerprint density at radius 1 is 0.727 bits per heavy atom. The fraction of sp³-hybridized carbons (Fsp3) is 0.160. The number of aliphatic hydroxyl groups excluding tert-OH is 1. The maximum atomic E-state index is 11.0. The van der Waals surface area contributed by atoms with Crippen LogP contribution in [0.5, 0.6) is 5.75 Å². The highest BCUT2D eigenvalue weighted by Gasteiger charge is 2.10. The molecule has 0 atom stereocenters. The highest BCUT2D eigenvalue weighted by molar-refractivity contribution is 7.17. The van der Waals surface area contributed by atoms with Crippen molar-refractivity contribution < 1.29 is 24.5 Å². The molecule has 0 aliphatic carbocycles. The molecule has 33 heavy (non-hydrogen) atoms. The van der Waals surface area contributed by atoms with Crippen LogP contribution in [0.3, 0.4) is 0 Å². The molecule has 0 aliphatic heterocycles. The van der Waals surface area contributed by atoms with Crippen LogP contribution in [0.1, 0.15) is 10.4 Å². The van der Waals surface area contributed by atoms with E-state index in [9.17, 15) is 4.79 Å². The summed E-state index contributed by atoms with van der Waals surface area (Å²) in [6, 6.07) is 22.6. The molecule has 2 N–H and O–H groups in total. The topological polar surface area (TPSA) is 102 Å². The lowest BCUT2D eigenvalue weighted by Gasteiger charge is -2.08. The Kier molecular flexibility index (Phi) is 7.41. The molecule has 168 valence electrons. The first kappa shape index (κ1) is 22.6. The highest BCUT2D eigenvalue weighted by atomic mass is 32.1. The minimum Gasteiger partial charge on any atom is -0.491 e. The number of aromatic nitrogens is 2. The first-order valence-electron chi connectivity index (χ1n) is 10.3. The number of aromatic carboxylic acids is 1. The van der Waals surface area contributed by atoms with Gasteiger partial charge in [0.15, 0.2) is 0 Å². The molecule has 0 bridgehead atoms. The number of hydrogen-bond acceptors (Lipinski definition) is 7. The molecule has 7 nitrogen and oxygen atoms in total. The summed E-state index contributed by atoms with van der Waals surface area (Å²) in [6.45, 7) is 1.19. The average molecular weight is 463 g/mol. The lowest BCUT2D eigenvalue weighted by atomic mass is 10.0. The second-order valence-corrected chi connectivity index (χ2v) is 8.06. The maximum Gasteiger partial charge on any atom is 0.335 e. The third-order valence-electron chi connectivity index (χ3n) is 4.86. The smallest absolute Gasteiger partial charge is 0.335 e. The van der Waals surface area contributed by atoms with E-state index < -0.39 is 5.97 Å². The second-order valence-electron chi connectivity index (χ2n) is 7.08. The van der Waals surface area contributed by atoms with Gasteiger partial charge in [0.2, 0.25) is 0 Å². The van der Waals surface area contributed by atoms with Gasteiger partial charge < -0.3 is 19.7 Å². The molecular formula is C25H22N2O5S. The Balaban J connectivity index is 1.40. The van der Waals surface area contributed by atoms with Crippen molar-refractivity contribution in [1.29, 1.82) is 0 Å². The SMILES string of the molecule is O=C(O)c1ccc(-c2nnc(-c3ccc(-c4ccc(OCCOCCO)cc4)cc3)s2)cc1. The highest BCUT2D eigenvalue weighted by Crippen LogP contribution is 2.31. The number of carbonyl (C=O) groups is 1. The van der Waals surface area contributed by atoms with Crippen molar-refractivity contribution in [3.63, 3.8) is 0 Å². The Morgan fingerprint density at radius 2 is 1.24 bits per heavy atom. The van der Waals surface area contributed by atoms with E-state index in [4.69, 9.17) is 19.7 Å². The van der Waals surface area contributed by atoms with Gasteiger partial charge in [-0.2, -0.15) is 0 Å². The van der Waals surface area contributed by atoms with Crippen molar-refractivity contribution in [3.05, 3.63) is 78.4 Å². The molecule has 0 fully saturated rings. The number of nitrogens with zero attached hydrogens (tertiary/aromatic N) is 2. The molecule has 4 aromatic rings. The second kappa shape index (κ2) is 10.8. The van der Waals surface area contributed by atoms with E-state index in [0.717, 1.165) is 38.0 Å². The summed E-state index contributed by atoms with van der Waals surface area (Å²) in [5.74, 6) is -0.189. The van der Waals surface area contributed by atoms with Gasteiger partial charge in [-0.15, -0.1) is 10.2 Å². The minimum absolute atomic E-state index is 0.0100. The first-order chi connectivity index (χ1) is 16.1. The van der Waals surface area contributed by atoms with Gasteiger partial charge in [-0.25, -0.2) is 4.79 Å². The quantitative estimate of drug-likeness (QED) is 0.332. The molecule has 4 rings (SSSR count). The van der Waals surface area contributed by atoms with Gasteiger partial charge >= 0.3 is 5.97 Å². The number of ether oxygens (including phenoxy) is 2. The molecule has 1 heterocycles. The van der Waals surface area contributed by atoms with Crippen molar-refractivity contribution in [2.75, 3.05) is 26.4 Å². The molecule has 0 saturated heterocycles. The molecule has 0 amide bonds. The van der Waals surface area contributed by atoms with Gasteiger partial charge in [-0.1, -0.05) is 59.9 Å². The number of rotatable bonds is 10. The van der Waals surface area contributed by atoms with Gasteiger partial charge in [0.25, 0.3) is 0 Å². The van der Waals surface area contributed by atoms with Crippen molar-refractivity contribution in [3.8, 4) is 38.0 Å². The van der Waals surface area contributed by atoms with E-state index in [1.54, 1.807) is 24.3 Å². The normalized spacial score (nSPS) is 10.8. The van der Waals surface area contributed by atoms with Crippen molar-refractivity contribution in [1.82, 2.24) is 10.2 Å². The predicted octanol–water partition coefficient (Wildman–Crippen LogP) is 4.63. The van der Waals surface area contributed by atoms with Crippen LogP contribution in [0, 0.1) is 0 Å². The summed E-state index contributed by atoms with van der Waals surface area (Å²) in [7, 11) is 0. The van der Waals surface area contributed by atoms with Gasteiger partial charge in [-0.3, -0.25) is 0 Å². The fourth-order valence-corrected chi connectivity index (χ4v) is 4.00. The number of carboxylic acid groups (broad SMARTS) is 1. The predicted molar refractivity (Wildman–Crippen MR) is 127 cm³/mol. The molecular weight excluding hydrogens is 440 g/mol.